The van der Waals surface area contributed by atoms with Crippen LogP contribution in [-0.4, -0.2) is 53.1 Å². The minimum atomic E-state index is 0.644. The summed E-state index contributed by atoms with van der Waals surface area (Å²) in [4.78, 5) is 17.5. The van der Waals surface area contributed by atoms with E-state index in [1.807, 2.05) is 36.4 Å². The zero-order valence-corrected chi connectivity index (χ0v) is 22.0. The van der Waals surface area contributed by atoms with Crippen LogP contribution in [0, 0.1) is 0 Å². The van der Waals surface area contributed by atoms with E-state index in [2.05, 4.69) is 86.5 Å². The summed E-state index contributed by atoms with van der Waals surface area (Å²) in [7, 11) is 2.17. The van der Waals surface area contributed by atoms with Crippen molar-refractivity contribution < 1.29 is 0 Å². The number of nitrogens with one attached hydrogen (secondary N) is 3. The Morgan fingerprint density at radius 1 is 0.897 bits per heavy atom. The zero-order chi connectivity index (χ0) is 26.8. The van der Waals surface area contributed by atoms with Crippen LogP contribution in [0.5, 0.6) is 0 Å². The van der Waals surface area contributed by atoms with E-state index in [9.17, 15) is 0 Å². The van der Waals surface area contributed by atoms with E-state index >= 15 is 0 Å². The number of anilines is 5. The van der Waals surface area contributed by atoms with Crippen LogP contribution >= 0.6 is 0 Å². The van der Waals surface area contributed by atoms with Crippen LogP contribution in [-0.2, 0) is 0 Å². The molecule has 0 radical (unpaired) electrons. The highest BCUT2D eigenvalue weighted by Gasteiger charge is 2.14. The molecular formula is C31H32N8. The number of nitrogens with zero attached hydrogens (tertiary/aromatic N) is 4. The molecule has 0 aliphatic carbocycles. The number of nitrogen functional groups attached to an aromatic ring is 1. The van der Waals surface area contributed by atoms with Gasteiger partial charge < -0.3 is 31.2 Å². The van der Waals surface area contributed by atoms with Crippen molar-refractivity contribution in [3.63, 3.8) is 0 Å². The van der Waals surface area contributed by atoms with Crippen molar-refractivity contribution >= 4 is 45.2 Å². The Balaban J connectivity index is 1.15. The second kappa shape index (κ2) is 10.5. The molecule has 5 N–H and O–H groups in total. The van der Waals surface area contributed by atoms with Gasteiger partial charge in [-0.3, -0.25) is 0 Å². The average Bonchev–Trinajstić information content (AvgIpc) is 3.39. The maximum absolute atomic E-state index is 5.79. The summed E-state index contributed by atoms with van der Waals surface area (Å²) in [6.07, 6.45) is 1.76. The van der Waals surface area contributed by atoms with Crippen molar-refractivity contribution in [2.75, 3.05) is 54.5 Å². The van der Waals surface area contributed by atoms with Gasteiger partial charge in [-0.15, -0.1) is 0 Å². The molecule has 1 aliphatic rings. The van der Waals surface area contributed by atoms with Crippen LogP contribution in [0.25, 0.3) is 28.0 Å². The molecule has 5 aromatic rings. The van der Waals surface area contributed by atoms with Gasteiger partial charge >= 0.3 is 0 Å². The van der Waals surface area contributed by atoms with Gasteiger partial charge in [0.25, 0.3) is 0 Å². The Hall–Kier alpha value is -4.82. The maximum Gasteiger partial charge on any atom is 0.161 e. The highest BCUT2D eigenvalue weighted by molar-refractivity contribution is 5.89. The predicted octanol–water partition coefficient (Wildman–Crippen LogP) is 5.79. The van der Waals surface area contributed by atoms with E-state index in [-0.39, 0.29) is 0 Å². The quantitative estimate of drug-likeness (QED) is 0.203. The van der Waals surface area contributed by atoms with Crippen LogP contribution < -0.4 is 21.3 Å². The Morgan fingerprint density at radius 2 is 1.64 bits per heavy atom. The number of benzene rings is 3. The summed E-state index contributed by atoms with van der Waals surface area (Å²) >= 11 is 0. The number of fused-ring (bicyclic) bond motifs is 1. The molecular weight excluding hydrogens is 484 g/mol. The van der Waals surface area contributed by atoms with Crippen LogP contribution in [0.4, 0.5) is 28.6 Å². The fourth-order valence-electron chi connectivity index (χ4n) is 4.77. The smallest absolute Gasteiger partial charge is 0.161 e. The summed E-state index contributed by atoms with van der Waals surface area (Å²) in [5.74, 6) is 1.36. The van der Waals surface area contributed by atoms with E-state index in [4.69, 9.17) is 10.7 Å². The summed E-state index contributed by atoms with van der Waals surface area (Å²) in [5.41, 5.74) is 13.4. The Labute approximate surface area is 228 Å². The number of hydrogen-bond donors (Lipinski definition) is 4. The third kappa shape index (κ3) is 5.56. The molecule has 8 heteroatoms. The topological polar surface area (TPSA) is 98.1 Å². The van der Waals surface area contributed by atoms with Gasteiger partial charge in [-0.2, -0.15) is 0 Å². The third-order valence-corrected chi connectivity index (χ3v) is 7.08. The molecule has 6 rings (SSSR count). The highest BCUT2D eigenvalue weighted by Crippen LogP contribution is 2.27. The SMILES string of the molecule is C=C(Nc1ccc(N2CCN(C)CC2)cc1)c1cc2ccc(-c3nccc(Nc4ccc(N)cc4)n3)cc2[nH]1. The van der Waals surface area contributed by atoms with Gasteiger partial charge in [0.2, 0.25) is 0 Å². The van der Waals surface area contributed by atoms with Crippen molar-refractivity contribution in [3.05, 3.63) is 97.3 Å². The Bertz CT molecular complexity index is 1600. The van der Waals surface area contributed by atoms with Gasteiger partial charge in [0.15, 0.2) is 5.82 Å². The molecule has 3 heterocycles. The summed E-state index contributed by atoms with van der Waals surface area (Å²) in [6.45, 7) is 8.58. The molecule has 39 heavy (non-hydrogen) atoms. The molecule has 3 aromatic carbocycles. The van der Waals surface area contributed by atoms with Crippen molar-refractivity contribution in [2.45, 2.75) is 0 Å². The largest absolute Gasteiger partial charge is 0.399 e. The van der Waals surface area contributed by atoms with Crippen molar-refractivity contribution in [2.24, 2.45) is 0 Å². The Kier molecular flexibility index (Phi) is 6.61. The van der Waals surface area contributed by atoms with Gasteiger partial charge in [0.05, 0.1) is 11.4 Å². The lowest BCUT2D eigenvalue weighted by atomic mass is 10.1. The first kappa shape index (κ1) is 24.5. The third-order valence-electron chi connectivity index (χ3n) is 7.08. The average molecular weight is 517 g/mol. The first-order chi connectivity index (χ1) is 19.0. The van der Waals surface area contributed by atoms with Crippen molar-refractivity contribution in [1.82, 2.24) is 19.9 Å². The lowest BCUT2D eigenvalue weighted by Gasteiger charge is -2.34. The number of aromatic amines is 1. The van der Waals surface area contributed by atoms with Gasteiger partial charge in [0.1, 0.15) is 5.82 Å². The van der Waals surface area contributed by atoms with Crippen LogP contribution in [0.15, 0.2) is 91.6 Å². The number of H-pyrrole nitrogens is 1. The van der Waals surface area contributed by atoms with Crippen LogP contribution in [0.1, 0.15) is 5.69 Å². The van der Waals surface area contributed by atoms with Gasteiger partial charge in [-0.25, -0.2) is 9.97 Å². The van der Waals surface area contributed by atoms with Crippen LogP contribution in [0.2, 0.25) is 0 Å². The van der Waals surface area contributed by atoms with E-state index < -0.39 is 0 Å². The standard InChI is InChI=1S/C31H32N8/c1-21(34-25-9-11-27(12-10-25)39-17-15-38(2)16-18-39)28-19-22-3-4-23(20-29(22)36-28)31-33-14-13-30(37-31)35-26-7-5-24(32)6-8-26/h3-14,19-20,34,36H,1,15-18,32H2,2H3,(H,33,35,37). The monoisotopic (exact) mass is 516 g/mol. The number of likely N-dealkylation sites (N-methyl/N-ethyl adjacent to an activating group) is 1. The highest BCUT2D eigenvalue weighted by atomic mass is 15.2. The number of piperazine rings is 1. The summed E-state index contributed by atoms with van der Waals surface area (Å²) in [5, 5.41) is 7.84. The second-order valence-corrected chi connectivity index (χ2v) is 9.94. The molecule has 0 saturated carbocycles. The zero-order valence-electron chi connectivity index (χ0n) is 22.0. The molecule has 8 nitrogen and oxygen atoms in total. The molecule has 1 saturated heterocycles. The molecule has 0 unspecified atom stereocenters. The lowest BCUT2D eigenvalue weighted by molar-refractivity contribution is 0.313. The molecule has 196 valence electrons. The number of aromatic nitrogens is 3. The van der Waals surface area contributed by atoms with Gasteiger partial charge in [-0.1, -0.05) is 18.7 Å². The first-order valence-electron chi connectivity index (χ1n) is 13.1. The first-order valence-corrected chi connectivity index (χ1v) is 13.1. The number of hydrogen-bond acceptors (Lipinski definition) is 7. The number of rotatable bonds is 7. The molecule has 2 aromatic heterocycles. The molecule has 1 fully saturated rings. The van der Waals surface area contributed by atoms with Gasteiger partial charge in [-0.05, 0) is 73.8 Å². The van der Waals surface area contributed by atoms with Crippen molar-refractivity contribution in [3.8, 4) is 11.4 Å². The van der Waals surface area contributed by atoms with E-state index in [1.54, 1.807) is 6.20 Å². The molecule has 0 bridgehead atoms. The molecule has 0 spiro atoms. The minimum absolute atomic E-state index is 0.644. The minimum Gasteiger partial charge on any atom is -0.399 e. The molecule has 0 amide bonds. The predicted molar refractivity (Wildman–Crippen MR) is 162 cm³/mol. The summed E-state index contributed by atoms with van der Waals surface area (Å²) < 4.78 is 0. The second-order valence-electron chi connectivity index (χ2n) is 9.94. The summed E-state index contributed by atoms with van der Waals surface area (Å²) in [6, 6.07) is 26.3. The van der Waals surface area contributed by atoms with Crippen LogP contribution in [0.3, 0.4) is 0 Å². The maximum atomic E-state index is 5.79. The Morgan fingerprint density at radius 3 is 2.41 bits per heavy atom. The number of nitrogens with two attached hydrogens (primary N) is 1. The van der Waals surface area contributed by atoms with E-state index in [0.29, 0.717) is 11.6 Å². The molecule has 1 aliphatic heterocycles. The fraction of sp³-hybridized carbons (Fsp3) is 0.161. The lowest BCUT2D eigenvalue weighted by Crippen LogP contribution is -2.44. The van der Waals surface area contributed by atoms with E-state index in [1.165, 1.54) is 5.69 Å². The normalized spacial score (nSPS) is 13.9. The fourth-order valence-corrected chi connectivity index (χ4v) is 4.77. The van der Waals surface area contributed by atoms with Crippen molar-refractivity contribution in [1.29, 1.82) is 0 Å². The van der Waals surface area contributed by atoms with Gasteiger partial charge in [0, 0.05) is 71.6 Å². The van der Waals surface area contributed by atoms with E-state index in [0.717, 1.165) is 71.1 Å². The molecule has 0 atom stereocenters.